The summed E-state index contributed by atoms with van der Waals surface area (Å²) >= 11 is 0. The van der Waals surface area contributed by atoms with Crippen LogP contribution in [0.3, 0.4) is 0 Å². The highest BCUT2D eigenvalue weighted by Gasteiger charge is 2.12. The molecule has 0 aliphatic heterocycles. The normalized spacial score (nSPS) is 12.2. The third-order valence-electron chi connectivity index (χ3n) is 3.99. The molecule has 0 spiro atoms. The summed E-state index contributed by atoms with van der Waals surface area (Å²) in [4.78, 5) is 8.74. The molecule has 0 amide bonds. The van der Waals surface area contributed by atoms with Gasteiger partial charge in [-0.25, -0.2) is 9.97 Å². The molecule has 8 nitrogen and oxygen atoms in total. The Bertz CT molecular complexity index is 908. The van der Waals surface area contributed by atoms with Crippen molar-refractivity contribution >= 4 is 5.82 Å². The maximum Gasteiger partial charge on any atom is 0.151 e. The molecule has 136 valence electrons. The van der Waals surface area contributed by atoms with Crippen LogP contribution in [0, 0.1) is 13.8 Å². The number of rotatable bonds is 6. The minimum atomic E-state index is -0.194. The molecule has 0 bridgehead atoms. The number of imidazole rings is 1. The summed E-state index contributed by atoms with van der Waals surface area (Å²) in [5.74, 6) is 0.628. The van der Waals surface area contributed by atoms with Gasteiger partial charge in [-0.3, -0.25) is 0 Å². The number of hydrogen-bond donors (Lipinski definition) is 3. The van der Waals surface area contributed by atoms with E-state index in [1.807, 2.05) is 49.7 Å². The van der Waals surface area contributed by atoms with Crippen LogP contribution < -0.4 is 5.32 Å². The van der Waals surface area contributed by atoms with Crippen molar-refractivity contribution in [2.24, 2.45) is 0 Å². The molecule has 0 fully saturated rings. The van der Waals surface area contributed by atoms with Gasteiger partial charge >= 0.3 is 0 Å². The number of nitrogens with one attached hydrogen (secondary N) is 1. The van der Waals surface area contributed by atoms with Crippen molar-refractivity contribution in [3.63, 3.8) is 0 Å². The highest BCUT2D eigenvalue weighted by Crippen LogP contribution is 2.22. The van der Waals surface area contributed by atoms with Crippen LogP contribution in [0.4, 0.5) is 5.82 Å². The maximum absolute atomic E-state index is 9.72. The molecule has 0 saturated heterocycles. The van der Waals surface area contributed by atoms with Gasteiger partial charge in [-0.2, -0.15) is 0 Å². The van der Waals surface area contributed by atoms with E-state index in [9.17, 15) is 5.11 Å². The molecule has 26 heavy (non-hydrogen) atoms. The summed E-state index contributed by atoms with van der Waals surface area (Å²) in [5, 5.41) is 30.4. The first-order valence-corrected chi connectivity index (χ1v) is 8.35. The van der Waals surface area contributed by atoms with Gasteiger partial charge in [0.1, 0.15) is 5.69 Å². The van der Waals surface area contributed by atoms with Gasteiger partial charge in [0.2, 0.25) is 0 Å². The highest BCUT2D eigenvalue weighted by atomic mass is 16.3. The Morgan fingerprint density at radius 2 is 1.96 bits per heavy atom. The minimum absolute atomic E-state index is 0.0134. The summed E-state index contributed by atoms with van der Waals surface area (Å²) in [5.41, 5.74) is 4.35. The van der Waals surface area contributed by atoms with Crippen molar-refractivity contribution in [3.05, 3.63) is 47.7 Å². The van der Waals surface area contributed by atoms with Gasteiger partial charge < -0.3 is 20.1 Å². The lowest BCUT2D eigenvalue weighted by Crippen LogP contribution is -2.21. The van der Waals surface area contributed by atoms with E-state index in [1.54, 1.807) is 6.33 Å². The molecule has 0 aliphatic rings. The highest BCUT2D eigenvalue weighted by molar-refractivity contribution is 5.60. The molecule has 0 saturated carbocycles. The summed E-state index contributed by atoms with van der Waals surface area (Å²) in [6, 6.07) is 5.50. The van der Waals surface area contributed by atoms with Gasteiger partial charge in [-0.15, -0.1) is 10.2 Å². The van der Waals surface area contributed by atoms with E-state index in [1.165, 1.54) is 0 Å². The second kappa shape index (κ2) is 7.59. The molecule has 0 aromatic carbocycles. The van der Waals surface area contributed by atoms with Gasteiger partial charge in [-0.05, 0) is 44.5 Å². The standard InChI is InChI=1S/C18H22N6O2/c1-11-6-15(22-23-18(11)20-13(3)8-25)14-4-5-17(16(9-26)21-14)24-7-12(2)19-10-24/h4-7,10,13,25-26H,8-9H2,1-3H3,(H,20,23)/t13-/m0/s1. The fourth-order valence-corrected chi connectivity index (χ4v) is 2.57. The molecule has 1 atom stereocenters. The zero-order chi connectivity index (χ0) is 18.7. The average Bonchev–Trinajstić information content (AvgIpc) is 3.08. The number of anilines is 1. The topological polar surface area (TPSA) is 109 Å². The van der Waals surface area contributed by atoms with Crippen molar-refractivity contribution in [3.8, 4) is 17.1 Å². The number of aliphatic hydroxyl groups is 2. The first kappa shape index (κ1) is 18.0. The third-order valence-corrected chi connectivity index (χ3v) is 3.99. The van der Waals surface area contributed by atoms with E-state index in [0.29, 0.717) is 22.9 Å². The Labute approximate surface area is 151 Å². The van der Waals surface area contributed by atoms with Crippen molar-refractivity contribution in [2.75, 3.05) is 11.9 Å². The van der Waals surface area contributed by atoms with Crippen LogP contribution in [0.1, 0.15) is 23.9 Å². The van der Waals surface area contributed by atoms with Crippen LogP contribution in [0.15, 0.2) is 30.7 Å². The van der Waals surface area contributed by atoms with Crippen molar-refractivity contribution in [2.45, 2.75) is 33.4 Å². The number of aromatic nitrogens is 5. The predicted octanol–water partition coefficient (Wildman–Crippen LogP) is 1.63. The molecular formula is C18H22N6O2. The van der Waals surface area contributed by atoms with E-state index < -0.39 is 0 Å². The molecule has 3 rings (SSSR count). The van der Waals surface area contributed by atoms with Crippen LogP contribution in [0.2, 0.25) is 0 Å². The Morgan fingerprint density at radius 3 is 2.58 bits per heavy atom. The monoisotopic (exact) mass is 354 g/mol. The van der Waals surface area contributed by atoms with Crippen LogP contribution >= 0.6 is 0 Å². The molecule has 8 heteroatoms. The molecule has 0 radical (unpaired) electrons. The van der Waals surface area contributed by atoms with Gasteiger partial charge in [-0.1, -0.05) is 0 Å². The number of hydrogen-bond acceptors (Lipinski definition) is 7. The lowest BCUT2D eigenvalue weighted by Gasteiger charge is -2.14. The molecule has 0 unspecified atom stereocenters. The average molecular weight is 354 g/mol. The second-order valence-corrected chi connectivity index (χ2v) is 6.23. The number of aliphatic hydroxyl groups excluding tert-OH is 2. The van der Waals surface area contributed by atoms with Gasteiger partial charge in [0.25, 0.3) is 0 Å². The molecule has 0 aliphatic carbocycles. The van der Waals surface area contributed by atoms with Gasteiger partial charge in [0.15, 0.2) is 5.82 Å². The zero-order valence-corrected chi connectivity index (χ0v) is 15.0. The number of aryl methyl sites for hydroxylation is 2. The van der Waals surface area contributed by atoms with Crippen LogP contribution in [0.5, 0.6) is 0 Å². The summed E-state index contributed by atoms with van der Waals surface area (Å²) < 4.78 is 1.83. The van der Waals surface area contributed by atoms with E-state index in [4.69, 9.17) is 5.11 Å². The van der Waals surface area contributed by atoms with Crippen molar-refractivity contribution < 1.29 is 10.2 Å². The van der Waals surface area contributed by atoms with E-state index in [2.05, 4.69) is 25.5 Å². The fraction of sp³-hybridized carbons (Fsp3) is 0.333. The van der Waals surface area contributed by atoms with E-state index in [0.717, 1.165) is 16.9 Å². The second-order valence-electron chi connectivity index (χ2n) is 6.23. The summed E-state index contributed by atoms with van der Waals surface area (Å²) in [6.45, 7) is 5.50. The van der Waals surface area contributed by atoms with E-state index >= 15 is 0 Å². The largest absolute Gasteiger partial charge is 0.394 e. The molecule has 3 aromatic rings. The van der Waals surface area contributed by atoms with E-state index in [-0.39, 0.29) is 19.3 Å². The maximum atomic E-state index is 9.72. The smallest absolute Gasteiger partial charge is 0.151 e. The first-order chi connectivity index (χ1) is 12.5. The van der Waals surface area contributed by atoms with Gasteiger partial charge in [0, 0.05) is 12.2 Å². The number of nitrogens with zero attached hydrogens (tertiary/aromatic N) is 5. The predicted molar refractivity (Wildman–Crippen MR) is 98.0 cm³/mol. The Morgan fingerprint density at radius 1 is 1.15 bits per heavy atom. The van der Waals surface area contributed by atoms with Crippen molar-refractivity contribution in [1.82, 2.24) is 24.7 Å². The molecule has 3 aromatic heterocycles. The van der Waals surface area contributed by atoms with Crippen LogP contribution in [0.25, 0.3) is 17.1 Å². The Kier molecular flexibility index (Phi) is 5.24. The molecule has 3 N–H and O–H groups in total. The molecular weight excluding hydrogens is 332 g/mol. The SMILES string of the molecule is Cc1cn(-c2ccc(-c3cc(C)c(N[C@@H](C)CO)nn3)nc2CO)cn1. The first-order valence-electron chi connectivity index (χ1n) is 8.35. The van der Waals surface area contributed by atoms with Crippen LogP contribution in [-0.4, -0.2) is 47.6 Å². The minimum Gasteiger partial charge on any atom is -0.394 e. The van der Waals surface area contributed by atoms with Gasteiger partial charge in [0.05, 0.1) is 42.3 Å². The molecule has 3 heterocycles. The Balaban J connectivity index is 1.93. The Hall–Kier alpha value is -2.84. The summed E-state index contributed by atoms with van der Waals surface area (Å²) in [6.07, 6.45) is 3.57. The third kappa shape index (κ3) is 3.71. The van der Waals surface area contributed by atoms with Crippen molar-refractivity contribution in [1.29, 1.82) is 0 Å². The zero-order valence-electron chi connectivity index (χ0n) is 15.0. The number of pyridine rings is 1. The lowest BCUT2D eigenvalue weighted by molar-refractivity contribution is 0.276. The summed E-state index contributed by atoms with van der Waals surface area (Å²) in [7, 11) is 0. The lowest BCUT2D eigenvalue weighted by atomic mass is 10.1. The fourth-order valence-electron chi connectivity index (χ4n) is 2.57. The quantitative estimate of drug-likeness (QED) is 0.617. The van der Waals surface area contributed by atoms with Crippen LogP contribution in [-0.2, 0) is 6.61 Å².